The Labute approximate surface area is 123 Å². The Hall–Kier alpha value is -0.870. The Balaban J connectivity index is 2.75. The fourth-order valence-corrected chi connectivity index (χ4v) is 2.67. The van der Waals surface area contributed by atoms with Gasteiger partial charge in [0.15, 0.2) is 0 Å². The van der Waals surface area contributed by atoms with Crippen molar-refractivity contribution < 1.29 is 9.53 Å². The highest BCUT2D eigenvalue weighted by Gasteiger charge is 2.16. The second-order valence-corrected chi connectivity index (χ2v) is 6.04. The lowest BCUT2D eigenvalue weighted by molar-refractivity contribution is -0.141. The third-order valence-corrected chi connectivity index (χ3v) is 4.20. The number of carbonyl (C=O) groups excluding carboxylic acids is 1. The number of aryl methyl sites for hydroxylation is 2. The summed E-state index contributed by atoms with van der Waals surface area (Å²) in [5, 5.41) is 0. The topological polar surface area (TPSA) is 52.3 Å². The number of benzene rings is 1. The average molecular weight is 328 g/mol. The Bertz CT molecular complexity index is 460. The van der Waals surface area contributed by atoms with Crippen molar-refractivity contribution in [2.45, 2.75) is 39.7 Å². The molecule has 19 heavy (non-hydrogen) atoms. The third kappa shape index (κ3) is 4.62. The van der Waals surface area contributed by atoms with E-state index in [2.05, 4.69) is 46.6 Å². The van der Waals surface area contributed by atoms with Crippen LogP contribution in [0, 0.1) is 19.8 Å². The molecular formula is C15H22BrNO2. The van der Waals surface area contributed by atoms with Gasteiger partial charge in [0.1, 0.15) is 0 Å². The molecule has 2 atom stereocenters. The summed E-state index contributed by atoms with van der Waals surface area (Å²) >= 11 is 3.52. The molecule has 0 radical (unpaired) electrons. The summed E-state index contributed by atoms with van der Waals surface area (Å²) in [7, 11) is 1.41. The molecule has 0 aliphatic carbocycles. The second-order valence-electron chi connectivity index (χ2n) is 5.19. The van der Waals surface area contributed by atoms with Crippen LogP contribution in [0.2, 0.25) is 0 Å². The van der Waals surface area contributed by atoms with Gasteiger partial charge < -0.3 is 10.5 Å². The van der Waals surface area contributed by atoms with Gasteiger partial charge in [-0.05, 0) is 48.9 Å². The van der Waals surface area contributed by atoms with Crippen LogP contribution in [0.4, 0.5) is 0 Å². The van der Waals surface area contributed by atoms with Crippen LogP contribution in [-0.4, -0.2) is 13.1 Å². The van der Waals surface area contributed by atoms with Crippen molar-refractivity contribution in [1.82, 2.24) is 0 Å². The summed E-state index contributed by atoms with van der Waals surface area (Å²) in [6.45, 7) is 6.14. The van der Waals surface area contributed by atoms with Crippen molar-refractivity contribution >= 4 is 21.9 Å². The minimum absolute atomic E-state index is 0.0496. The lowest BCUT2D eigenvalue weighted by Gasteiger charge is -2.19. The summed E-state index contributed by atoms with van der Waals surface area (Å²) in [6.07, 6.45) is 1.19. The van der Waals surface area contributed by atoms with Crippen molar-refractivity contribution in [3.8, 4) is 0 Å². The van der Waals surface area contributed by atoms with E-state index < -0.39 is 0 Å². The first-order valence-electron chi connectivity index (χ1n) is 6.44. The fraction of sp³-hybridized carbons (Fsp3) is 0.533. The smallest absolute Gasteiger partial charge is 0.305 e. The van der Waals surface area contributed by atoms with Gasteiger partial charge >= 0.3 is 5.97 Å². The number of esters is 1. The maximum Gasteiger partial charge on any atom is 0.305 e. The van der Waals surface area contributed by atoms with Crippen LogP contribution in [-0.2, 0) is 9.53 Å². The van der Waals surface area contributed by atoms with Gasteiger partial charge in [0.25, 0.3) is 0 Å². The van der Waals surface area contributed by atoms with E-state index in [0.717, 1.165) is 16.5 Å². The fourth-order valence-electron chi connectivity index (χ4n) is 2.21. The number of hydrogen-bond donors (Lipinski definition) is 1. The summed E-state index contributed by atoms with van der Waals surface area (Å²) in [6, 6.07) is 4.16. The van der Waals surface area contributed by atoms with Crippen molar-refractivity contribution in [2.24, 2.45) is 11.7 Å². The van der Waals surface area contributed by atoms with Crippen LogP contribution < -0.4 is 5.73 Å². The molecule has 0 aliphatic heterocycles. The molecule has 4 heteroatoms. The number of methoxy groups -OCH3 is 1. The highest BCUT2D eigenvalue weighted by Crippen LogP contribution is 2.28. The average Bonchev–Trinajstić information content (AvgIpc) is 2.33. The lowest BCUT2D eigenvalue weighted by atomic mass is 9.91. The van der Waals surface area contributed by atoms with E-state index in [4.69, 9.17) is 5.73 Å². The first kappa shape index (κ1) is 16.2. The maximum absolute atomic E-state index is 11.2. The van der Waals surface area contributed by atoms with Gasteiger partial charge in [-0.1, -0.05) is 28.9 Å². The van der Waals surface area contributed by atoms with E-state index in [0.29, 0.717) is 6.42 Å². The van der Waals surface area contributed by atoms with Crippen LogP contribution in [0.3, 0.4) is 0 Å². The van der Waals surface area contributed by atoms with Crippen LogP contribution in [0.1, 0.15) is 42.5 Å². The van der Waals surface area contributed by atoms with Gasteiger partial charge in [0.05, 0.1) is 7.11 Å². The standard InChI is InChI=1S/C15H22BrNO2/c1-9(6-15(18)19-4)5-14(17)12-7-11(3)13(16)8-10(12)2/h7-9,14H,5-6,17H2,1-4H3. The van der Waals surface area contributed by atoms with Gasteiger partial charge in [-0.2, -0.15) is 0 Å². The molecule has 1 rings (SSSR count). The van der Waals surface area contributed by atoms with Gasteiger partial charge in [0.2, 0.25) is 0 Å². The first-order valence-corrected chi connectivity index (χ1v) is 7.23. The third-order valence-electron chi connectivity index (χ3n) is 3.35. The zero-order valence-electron chi connectivity index (χ0n) is 12.0. The van der Waals surface area contributed by atoms with Gasteiger partial charge in [-0.15, -0.1) is 0 Å². The van der Waals surface area contributed by atoms with Gasteiger partial charge in [0, 0.05) is 16.9 Å². The number of nitrogens with two attached hydrogens (primary N) is 1. The first-order chi connectivity index (χ1) is 8.85. The molecule has 2 unspecified atom stereocenters. The van der Waals surface area contributed by atoms with Crippen LogP contribution in [0.5, 0.6) is 0 Å². The van der Waals surface area contributed by atoms with Crippen molar-refractivity contribution in [3.63, 3.8) is 0 Å². The molecule has 1 aromatic rings. The van der Waals surface area contributed by atoms with Crippen molar-refractivity contribution in [1.29, 1.82) is 0 Å². The molecule has 0 saturated heterocycles. The van der Waals surface area contributed by atoms with E-state index >= 15 is 0 Å². The molecule has 3 nitrogen and oxygen atoms in total. The van der Waals surface area contributed by atoms with E-state index in [1.807, 2.05) is 6.92 Å². The van der Waals surface area contributed by atoms with Gasteiger partial charge in [-0.25, -0.2) is 0 Å². The van der Waals surface area contributed by atoms with Crippen LogP contribution in [0.15, 0.2) is 16.6 Å². The molecule has 0 fully saturated rings. The zero-order chi connectivity index (χ0) is 14.6. The van der Waals surface area contributed by atoms with Crippen LogP contribution >= 0.6 is 15.9 Å². The SMILES string of the molecule is COC(=O)CC(C)CC(N)c1cc(C)c(Br)cc1C. The number of carbonyl (C=O) groups is 1. The van der Waals surface area contributed by atoms with Crippen LogP contribution in [0.25, 0.3) is 0 Å². The molecule has 2 N–H and O–H groups in total. The lowest BCUT2D eigenvalue weighted by Crippen LogP contribution is -2.17. The Kier molecular flexibility index (Phi) is 6.01. The van der Waals surface area contributed by atoms with E-state index in [1.165, 1.54) is 18.2 Å². The highest BCUT2D eigenvalue weighted by atomic mass is 79.9. The quantitative estimate of drug-likeness (QED) is 0.840. The number of rotatable bonds is 5. The largest absolute Gasteiger partial charge is 0.469 e. The molecule has 0 aliphatic rings. The molecule has 0 bridgehead atoms. The molecule has 0 amide bonds. The number of ether oxygens (including phenoxy) is 1. The minimum atomic E-state index is -0.177. The summed E-state index contributed by atoms with van der Waals surface area (Å²) in [5.41, 5.74) is 9.77. The van der Waals surface area contributed by atoms with Crippen molar-refractivity contribution in [2.75, 3.05) is 7.11 Å². The van der Waals surface area contributed by atoms with Gasteiger partial charge in [-0.3, -0.25) is 4.79 Å². The highest BCUT2D eigenvalue weighted by molar-refractivity contribution is 9.10. The maximum atomic E-state index is 11.2. The van der Waals surface area contributed by atoms with Crippen molar-refractivity contribution in [3.05, 3.63) is 33.3 Å². The molecule has 1 aromatic carbocycles. The summed E-state index contributed by atoms with van der Waals surface area (Å²) in [5.74, 6) is 0.0363. The second kappa shape index (κ2) is 7.06. The Morgan fingerprint density at radius 3 is 2.58 bits per heavy atom. The molecule has 0 spiro atoms. The van der Waals surface area contributed by atoms with E-state index in [-0.39, 0.29) is 17.9 Å². The van der Waals surface area contributed by atoms with E-state index in [9.17, 15) is 4.79 Å². The number of halogens is 1. The molecule has 0 heterocycles. The normalized spacial score (nSPS) is 14.0. The molecule has 106 valence electrons. The molecule has 0 aromatic heterocycles. The van der Waals surface area contributed by atoms with E-state index in [1.54, 1.807) is 0 Å². The summed E-state index contributed by atoms with van der Waals surface area (Å²) < 4.78 is 5.78. The monoisotopic (exact) mass is 327 g/mol. The zero-order valence-corrected chi connectivity index (χ0v) is 13.6. The molecular weight excluding hydrogens is 306 g/mol. The Morgan fingerprint density at radius 2 is 2.00 bits per heavy atom. The minimum Gasteiger partial charge on any atom is -0.469 e. The number of hydrogen-bond acceptors (Lipinski definition) is 3. The predicted molar refractivity (Wildman–Crippen MR) is 81.0 cm³/mol. The summed E-state index contributed by atoms with van der Waals surface area (Å²) in [4.78, 5) is 11.2. The Morgan fingerprint density at radius 1 is 1.37 bits per heavy atom. The molecule has 0 saturated carbocycles. The predicted octanol–water partition coefficient (Wildman–Crippen LogP) is 3.66.